The van der Waals surface area contributed by atoms with Crippen molar-refractivity contribution in [2.45, 2.75) is 27.7 Å². The summed E-state index contributed by atoms with van der Waals surface area (Å²) in [6, 6.07) is 30.4. The fourth-order valence-corrected chi connectivity index (χ4v) is 6.80. The zero-order valence-corrected chi connectivity index (χ0v) is 21.9. The Hall–Kier alpha value is -4.44. The van der Waals surface area contributed by atoms with Gasteiger partial charge in [-0.25, -0.2) is 0 Å². The van der Waals surface area contributed by atoms with Crippen molar-refractivity contribution in [3.63, 3.8) is 0 Å². The minimum Gasteiger partial charge on any atom is -0.458 e. The van der Waals surface area contributed by atoms with Crippen molar-refractivity contribution in [2.75, 3.05) is 0 Å². The molecule has 0 saturated carbocycles. The molecule has 0 aliphatic carbocycles. The van der Waals surface area contributed by atoms with Gasteiger partial charge < -0.3 is 14.0 Å². The third-order valence-corrected chi connectivity index (χ3v) is 8.16. The summed E-state index contributed by atoms with van der Waals surface area (Å²) in [5.74, 6) is 3.54. The maximum absolute atomic E-state index is 6.61. The van der Waals surface area contributed by atoms with E-state index in [0.717, 1.165) is 34.1 Å². The van der Waals surface area contributed by atoms with Gasteiger partial charge in [-0.1, -0.05) is 59.7 Å². The first-order chi connectivity index (χ1) is 18.5. The first kappa shape index (κ1) is 21.6. The van der Waals surface area contributed by atoms with E-state index in [0.29, 0.717) is 0 Å². The molecule has 38 heavy (non-hydrogen) atoms. The molecule has 0 unspecified atom stereocenters. The Morgan fingerprint density at radius 1 is 0.553 bits per heavy atom. The zero-order valence-electron chi connectivity index (χ0n) is 21.9. The Kier molecular flexibility index (Phi) is 4.30. The third kappa shape index (κ3) is 2.86. The summed E-state index contributed by atoms with van der Waals surface area (Å²) < 4.78 is 15.6. The normalized spacial score (nSPS) is 13.1. The van der Waals surface area contributed by atoms with Gasteiger partial charge in [0.15, 0.2) is 0 Å². The van der Waals surface area contributed by atoms with Crippen LogP contribution in [0.3, 0.4) is 0 Å². The molecule has 3 heterocycles. The number of hydrogen-bond donors (Lipinski definition) is 0. The SMILES string of the molecule is Cc1cc(C)c2c(c1)c1cc(C)cc(C)c1n2-c1cc2c3c(c1)Oc1ccccc1B3c1ccccc1O2. The second-order valence-corrected chi connectivity index (χ2v) is 10.9. The van der Waals surface area contributed by atoms with Gasteiger partial charge in [0.25, 0.3) is 6.71 Å². The number of aryl methyl sites for hydroxylation is 4. The van der Waals surface area contributed by atoms with Crippen molar-refractivity contribution in [1.82, 2.24) is 4.57 Å². The number of aromatic nitrogens is 1. The van der Waals surface area contributed by atoms with Crippen molar-refractivity contribution in [3.8, 4) is 28.7 Å². The fourth-order valence-electron chi connectivity index (χ4n) is 6.80. The molecule has 0 fully saturated rings. The Bertz CT molecular complexity index is 1850. The van der Waals surface area contributed by atoms with E-state index in [2.05, 4.69) is 105 Å². The maximum atomic E-state index is 6.61. The van der Waals surface area contributed by atoms with Crippen molar-refractivity contribution in [2.24, 2.45) is 0 Å². The molecule has 0 saturated heterocycles. The average Bonchev–Trinajstić information content (AvgIpc) is 3.23. The van der Waals surface area contributed by atoms with Gasteiger partial charge in [0.2, 0.25) is 0 Å². The quantitative estimate of drug-likeness (QED) is 0.237. The predicted octanol–water partition coefficient (Wildman–Crippen LogP) is 6.74. The van der Waals surface area contributed by atoms with E-state index >= 15 is 0 Å². The number of ether oxygens (including phenoxy) is 2. The lowest BCUT2D eigenvalue weighted by Crippen LogP contribution is -2.57. The molecule has 2 aliphatic rings. The molecule has 0 atom stereocenters. The van der Waals surface area contributed by atoms with Crippen LogP contribution >= 0.6 is 0 Å². The lowest BCUT2D eigenvalue weighted by atomic mass is 9.35. The molecule has 6 aromatic rings. The second-order valence-electron chi connectivity index (χ2n) is 10.9. The van der Waals surface area contributed by atoms with Gasteiger partial charge in [-0.3, -0.25) is 0 Å². The summed E-state index contributed by atoms with van der Waals surface area (Å²) in [6.45, 7) is 8.86. The first-order valence-corrected chi connectivity index (χ1v) is 13.2. The summed E-state index contributed by atoms with van der Waals surface area (Å²) in [4.78, 5) is 0. The van der Waals surface area contributed by atoms with Crippen LogP contribution in [0, 0.1) is 27.7 Å². The van der Waals surface area contributed by atoms with Crippen LogP contribution in [0.25, 0.3) is 27.5 Å². The lowest BCUT2D eigenvalue weighted by Gasteiger charge is -2.33. The number of fused-ring (bicyclic) bond motifs is 7. The summed E-state index contributed by atoms with van der Waals surface area (Å²) in [5.41, 5.74) is 12.0. The number of benzene rings is 5. The van der Waals surface area contributed by atoms with Gasteiger partial charge in [0.1, 0.15) is 23.0 Å². The smallest absolute Gasteiger partial charge is 0.260 e. The Balaban J connectivity index is 1.48. The highest BCUT2D eigenvalue weighted by atomic mass is 16.5. The molecule has 2 aliphatic heterocycles. The molecular weight excluding hydrogens is 465 g/mol. The zero-order chi connectivity index (χ0) is 25.7. The Labute approximate surface area is 222 Å². The predicted molar refractivity (Wildman–Crippen MR) is 157 cm³/mol. The van der Waals surface area contributed by atoms with Crippen molar-refractivity contribution < 1.29 is 9.47 Å². The van der Waals surface area contributed by atoms with Crippen LogP contribution in [0.5, 0.6) is 23.0 Å². The highest BCUT2D eigenvalue weighted by Gasteiger charge is 2.40. The lowest BCUT2D eigenvalue weighted by molar-refractivity contribution is 0.464. The summed E-state index contributed by atoms with van der Waals surface area (Å²) in [6.07, 6.45) is 0. The van der Waals surface area contributed by atoms with E-state index in [1.807, 2.05) is 12.1 Å². The first-order valence-electron chi connectivity index (χ1n) is 13.2. The number of para-hydroxylation sites is 2. The number of rotatable bonds is 1. The fraction of sp³-hybridized carbons (Fsp3) is 0.118. The maximum Gasteiger partial charge on any atom is 0.260 e. The highest BCUT2D eigenvalue weighted by Crippen LogP contribution is 2.41. The number of nitrogens with zero attached hydrogens (tertiary/aromatic N) is 1. The van der Waals surface area contributed by atoms with Gasteiger partial charge in [-0.15, -0.1) is 0 Å². The molecule has 0 amide bonds. The molecule has 0 bridgehead atoms. The van der Waals surface area contributed by atoms with Gasteiger partial charge >= 0.3 is 0 Å². The highest BCUT2D eigenvalue weighted by molar-refractivity contribution is 6.98. The molecule has 0 N–H and O–H groups in total. The summed E-state index contributed by atoms with van der Waals surface area (Å²) in [7, 11) is 0. The summed E-state index contributed by atoms with van der Waals surface area (Å²) in [5, 5.41) is 2.57. The van der Waals surface area contributed by atoms with Crippen LogP contribution in [0.2, 0.25) is 0 Å². The Morgan fingerprint density at radius 3 is 1.53 bits per heavy atom. The van der Waals surface area contributed by atoms with E-state index in [-0.39, 0.29) is 6.71 Å². The largest absolute Gasteiger partial charge is 0.458 e. The van der Waals surface area contributed by atoms with Gasteiger partial charge in [0, 0.05) is 28.4 Å². The monoisotopic (exact) mass is 491 g/mol. The van der Waals surface area contributed by atoms with E-state index in [1.54, 1.807) is 0 Å². The number of hydrogen-bond acceptors (Lipinski definition) is 2. The minimum atomic E-state index is 0.0795. The molecule has 8 rings (SSSR count). The van der Waals surface area contributed by atoms with Crippen LogP contribution in [-0.2, 0) is 0 Å². The molecule has 0 radical (unpaired) electrons. The van der Waals surface area contributed by atoms with Crippen molar-refractivity contribution in [3.05, 3.63) is 107 Å². The molecule has 3 nitrogen and oxygen atoms in total. The average molecular weight is 491 g/mol. The molecule has 1 aromatic heterocycles. The van der Waals surface area contributed by atoms with Crippen LogP contribution in [0.4, 0.5) is 0 Å². The van der Waals surface area contributed by atoms with Gasteiger partial charge in [0.05, 0.1) is 16.7 Å². The Morgan fingerprint density at radius 2 is 1.03 bits per heavy atom. The molecule has 5 aromatic carbocycles. The van der Waals surface area contributed by atoms with E-state index in [4.69, 9.17) is 9.47 Å². The topological polar surface area (TPSA) is 23.4 Å². The molecule has 182 valence electrons. The summed E-state index contributed by atoms with van der Waals surface area (Å²) >= 11 is 0. The van der Waals surface area contributed by atoms with Crippen LogP contribution < -0.4 is 25.9 Å². The van der Waals surface area contributed by atoms with Crippen molar-refractivity contribution >= 4 is 44.9 Å². The minimum absolute atomic E-state index is 0.0795. The molecular formula is C34H26BNO2. The molecule has 4 heteroatoms. The molecule has 0 spiro atoms. The van der Waals surface area contributed by atoms with Gasteiger partial charge in [-0.2, -0.15) is 0 Å². The standard InChI is InChI=1S/C34H26BNO2/c1-19-13-21(3)33-24(15-19)25-16-20(2)14-22(4)34(25)36(33)23-17-30-32-31(18-23)38-29-12-8-6-10-27(29)35(32)26-9-5-7-11-28(26)37-30/h5-18H,1-4H3. The van der Waals surface area contributed by atoms with Crippen LogP contribution in [0.15, 0.2) is 84.9 Å². The van der Waals surface area contributed by atoms with Crippen LogP contribution in [-0.4, -0.2) is 11.3 Å². The van der Waals surface area contributed by atoms with Crippen LogP contribution in [0.1, 0.15) is 22.3 Å². The van der Waals surface area contributed by atoms with E-state index in [1.165, 1.54) is 55.0 Å². The van der Waals surface area contributed by atoms with Gasteiger partial charge in [-0.05, 0) is 74.0 Å². The third-order valence-electron chi connectivity index (χ3n) is 8.16. The second kappa shape index (κ2) is 7.55. The van der Waals surface area contributed by atoms with E-state index < -0.39 is 0 Å². The van der Waals surface area contributed by atoms with Crippen molar-refractivity contribution in [1.29, 1.82) is 0 Å². The van der Waals surface area contributed by atoms with E-state index in [9.17, 15) is 0 Å².